The van der Waals surface area contributed by atoms with Gasteiger partial charge in [-0.15, -0.1) is 11.8 Å². The molecule has 0 bridgehead atoms. The monoisotopic (exact) mass is 339 g/mol. The molecule has 0 N–H and O–H groups in total. The first-order valence-corrected chi connectivity index (χ1v) is 9.65. The minimum absolute atomic E-state index is 1.24. The first kappa shape index (κ1) is 14.6. The van der Waals surface area contributed by atoms with Gasteiger partial charge in [0, 0.05) is 15.8 Å². The highest BCUT2D eigenvalue weighted by atomic mass is 32.2. The summed E-state index contributed by atoms with van der Waals surface area (Å²) < 4.78 is 0. The summed E-state index contributed by atoms with van der Waals surface area (Å²) in [5, 5.41) is 2.62. The smallest absolute Gasteiger partial charge is 0.0597 e. The van der Waals surface area contributed by atoms with Crippen LogP contribution < -0.4 is 4.90 Å². The fourth-order valence-corrected chi connectivity index (χ4v) is 4.42. The lowest BCUT2D eigenvalue weighted by atomic mass is 9.91. The summed E-state index contributed by atoms with van der Waals surface area (Å²) in [6, 6.07) is 30.6. The molecule has 0 saturated carbocycles. The van der Waals surface area contributed by atoms with Gasteiger partial charge in [0.25, 0.3) is 0 Å². The molecule has 0 saturated heterocycles. The van der Waals surface area contributed by atoms with Gasteiger partial charge in [0.05, 0.1) is 17.1 Å². The molecule has 0 spiro atoms. The van der Waals surface area contributed by atoms with Gasteiger partial charge in [-0.2, -0.15) is 0 Å². The summed E-state index contributed by atoms with van der Waals surface area (Å²) in [6.45, 7) is 0. The van der Waals surface area contributed by atoms with Crippen LogP contribution in [0.25, 0.3) is 21.9 Å². The van der Waals surface area contributed by atoms with Crippen LogP contribution in [0.4, 0.5) is 17.1 Å². The van der Waals surface area contributed by atoms with E-state index in [1.165, 1.54) is 43.9 Å². The highest BCUT2D eigenvalue weighted by Crippen LogP contribution is 2.51. The third kappa shape index (κ3) is 2.11. The normalized spacial score (nSPS) is 12.3. The summed E-state index contributed by atoms with van der Waals surface area (Å²) in [5.74, 6) is 0. The highest BCUT2D eigenvalue weighted by molar-refractivity contribution is 7.98. The van der Waals surface area contributed by atoms with Gasteiger partial charge in [-0.25, -0.2) is 0 Å². The topological polar surface area (TPSA) is 3.24 Å². The average Bonchev–Trinajstić information content (AvgIpc) is 2.69. The second kappa shape index (κ2) is 5.68. The van der Waals surface area contributed by atoms with Crippen molar-refractivity contribution in [3.05, 3.63) is 84.9 Å². The first-order chi connectivity index (χ1) is 12.4. The number of thioether (sulfide) groups is 1. The van der Waals surface area contributed by atoms with Gasteiger partial charge in [-0.3, -0.25) is 0 Å². The Morgan fingerprint density at radius 3 is 2.08 bits per heavy atom. The SMILES string of the molecule is CSc1ccccc1N1c2ccccc2-c2cccc3cccc1c23. The Morgan fingerprint density at radius 1 is 0.600 bits per heavy atom. The van der Waals surface area contributed by atoms with Crippen LogP contribution in [0.1, 0.15) is 0 Å². The molecule has 0 amide bonds. The number of nitrogens with zero attached hydrogens (tertiary/aromatic N) is 1. The van der Waals surface area contributed by atoms with E-state index in [-0.39, 0.29) is 0 Å². The molecule has 4 aromatic carbocycles. The van der Waals surface area contributed by atoms with Crippen molar-refractivity contribution in [2.45, 2.75) is 4.90 Å². The van der Waals surface area contributed by atoms with Crippen molar-refractivity contribution in [1.29, 1.82) is 0 Å². The number of benzene rings is 4. The summed E-state index contributed by atoms with van der Waals surface area (Å²) >= 11 is 1.79. The maximum Gasteiger partial charge on any atom is 0.0597 e. The van der Waals surface area contributed by atoms with Gasteiger partial charge in [-0.05, 0) is 41.5 Å². The summed E-state index contributed by atoms with van der Waals surface area (Å²) in [6.07, 6.45) is 2.14. The van der Waals surface area contributed by atoms with Crippen LogP contribution in [-0.4, -0.2) is 6.26 Å². The summed E-state index contributed by atoms with van der Waals surface area (Å²) in [4.78, 5) is 3.70. The molecule has 0 fully saturated rings. The van der Waals surface area contributed by atoms with Gasteiger partial charge in [0.1, 0.15) is 0 Å². The quantitative estimate of drug-likeness (QED) is 0.318. The zero-order chi connectivity index (χ0) is 16.8. The lowest BCUT2D eigenvalue weighted by molar-refractivity contribution is 1.23. The van der Waals surface area contributed by atoms with Crippen LogP contribution in [0, 0.1) is 0 Å². The molecule has 25 heavy (non-hydrogen) atoms. The van der Waals surface area contributed by atoms with Crippen LogP contribution in [0.2, 0.25) is 0 Å². The van der Waals surface area contributed by atoms with Crippen LogP contribution in [0.15, 0.2) is 89.8 Å². The zero-order valence-electron chi connectivity index (χ0n) is 13.9. The molecule has 120 valence electrons. The molecular formula is C23H17NS. The first-order valence-electron chi connectivity index (χ1n) is 8.43. The Bertz CT molecular complexity index is 1090. The molecule has 0 atom stereocenters. The van der Waals surface area contributed by atoms with Crippen molar-refractivity contribution in [2.24, 2.45) is 0 Å². The molecule has 0 aromatic heterocycles. The molecule has 4 aromatic rings. The molecule has 0 radical (unpaired) electrons. The molecule has 1 heterocycles. The van der Waals surface area contributed by atoms with E-state index in [4.69, 9.17) is 0 Å². The molecule has 1 aliphatic heterocycles. The average molecular weight is 339 g/mol. The fraction of sp³-hybridized carbons (Fsp3) is 0.0435. The third-order valence-corrected chi connectivity index (χ3v) is 5.67. The number of para-hydroxylation sites is 2. The minimum Gasteiger partial charge on any atom is -0.308 e. The van der Waals surface area contributed by atoms with Crippen LogP contribution in [0.3, 0.4) is 0 Å². The van der Waals surface area contributed by atoms with Crippen molar-refractivity contribution in [3.63, 3.8) is 0 Å². The number of hydrogen-bond acceptors (Lipinski definition) is 2. The lowest BCUT2D eigenvalue weighted by Gasteiger charge is -2.34. The number of anilines is 3. The van der Waals surface area contributed by atoms with Gasteiger partial charge >= 0.3 is 0 Å². The number of hydrogen-bond donors (Lipinski definition) is 0. The van der Waals surface area contributed by atoms with E-state index in [9.17, 15) is 0 Å². The number of fused-ring (bicyclic) bond motifs is 2. The molecule has 0 unspecified atom stereocenters. The Morgan fingerprint density at radius 2 is 1.24 bits per heavy atom. The Kier molecular flexibility index (Phi) is 3.32. The van der Waals surface area contributed by atoms with Gasteiger partial charge in [0.15, 0.2) is 0 Å². The van der Waals surface area contributed by atoms with E-state index >= 15 is 0 Å². The van der Waals surface area contributed by atoms with Gasteiger partial charge in [0.2, 0.25) is 0 Å². The minimum atomic E-state index is 1.24. The standard InChI is InChI=1S/C23H17NS/c1-25-22-15-5-4-13-20(22)24-19-12-3-2-10-17(19)18-11-6-8-16-9-7-14-21(24)23(16)18/h2-15H,1H3. The molecule has 0 aliphatic carbocycles. The van der Waals surface area contributed by atoms with Crippen molar-refractivity contribution < 1.29 is 0 Å². The molecule has 2 heteroatoms. The fourth-order valence-electron chi connectivity index (χ4n) is 3.83. The molecule has 1 nitrogen and oxygen atoms in total. The van der Waals surface area contributed by atoms with Crippen molar-refractivity contribution >= 4 is 39.6 Å². The third-order valence-electron chi connectivity index (χ3n) is 4.88. The maximum atomic E-state index is 2.41. The summed E-state index contributed by atoms with van der Waals surface area (Å²) in [5.41, 5.74) is 6.36. The molecule has 5 rings (SSSR count). The predicted octanol–water partition coefficient (Wildman–Crippen LogP) is 7.01. The van der Waals surface area contributed by atoms with E-state index in [0.29, 0.717) is 0 Å². The Labute approximate surface area is 151 Å². The van der Waals surface area contributed by atoms with Crippen LogP contribution in [-0.2, 0) is 0 Å². The van der Waals surface area contributed by atoms with Crippen molar-refractivity contribution in [3.8, 4) is 11.1 Å². The van der Waals surface area contributed by atoms with E-state index in [1.54, 1.807) is 11.8 Å². The van der Waals surface area contributed by atoms with E-state index < -0.39 is 0 Å². The molecule has 1 aliphatic rings. The largest absolute Gasteiger partial charge is 0.308 e. The Hall–Kier alpha value is -2.71. The lowest BCUT2D eigenvalue weighted by Crippen LogP contribution is -2.15. The second-order valence-electron chi connectivity index (χ2n) is 6.21. The van der Waals surface area contributed by atoms with Crippen molar-refractivity contribution in [2.75, 3.05) is 11.2 Å². The van der Waals surface area contributed by atoms with E-state index in [2.05, 4.69) is 96.1 Å². The van der Waals surface area contributed by atoms with E-state index in [0.717, 1.165) is 0 Å². The number of rotatable bonds is 2. The maximum absolute atomic E-state index is 2.41. The zero-order valence-corrected chi connectivity index (χ0v) is 14.8. The molecular weight excluding hydrogens is 322 g/mol. The van der Waals surface area contributed by atoms with Crippen molar-refractivity contribution in [1.82, 2.24) is 0 Å². The Balaban J connectivity index is 1.93. The van der Waals surface area contributed by atoms with Crippen LogP contribution in [0.5, 0.6) is 0 Å². The van der Waals surface area contributed by atoms with E-state index in [1.807, 2.05) is 0 Å². The summed E-state index contributed by atoms with van der Waals surface area (Å²) in [7, 11) is 0. The van der Waals surface area contributed by atoms with Gasteiger partial charge in [-0.1, -0.05) is 60.7 Å². The highest BCUT2D eigenvalue weighted by Gasteiger charge is 2.26. The van der Waals surface area contributed by atoms with Crippen LogP contribution >= 0.6 is 11.8 Å². The van der Waals surface area contributed by atoms with Gasteiger partial charge < -0.3 is 4.90 Å². The predicted molar refractivity (Wildman–Crippen MR) is 109 cm³/mol. The second-order valence-corrected chi connectivity index (χ2v) is 7.05.